The molecule has 0 saturated heterocycles. The van der Waals surface area contributed by atoms with E-state index in [1.807, 2.05) is 0 Å². The largest absolute Gasteiger partial charge is 0.476 e. The van der Waals surface area contributed by atoms with Gasteiger partial charge in [-0.1, -0.05) is 11.6 Å². The number of carbonyl (C=O) groups excluding carboxylic acids is 2. The van der Waals surface area contributed by atoms with Crippen molar-refractivity contribution in [2.75, 3.05) is 19.8 Å². The highest BCUT2D eigenvalue weighted by atomic mass is 35.5. The maximum atomic E-state index is 13.0. The number of halogens is 4. The molecule has 3 heterocycles. The molecule has 0 spiro atoms. The third-order valence-corrected chi connectivity index (χ3v) is 5.38. The fourth-order valence-corrected chi connectivity index (χ4v) is 3.57. The van der Waals surface area contributed by atoms with E-state index in [0.717, 1.165) is 0 Å². The van der Waals surface area contributed by atoms with E-state index in [2.05, 4.69) is 15.3 Å². The van der Waals surface area contributed by atoms with Crippen LogP contribution in [-0.4, -0.2) is 57.7 Å². The first-order valence-electron chi connectivity index (χ1n) is 10.1. The highest BCUT2D eigenvalue weighted by Crippen LogP contribution is 2.34. The summed E-state index contributed by atoms with van der Waals surface area (Å²) in [5.41, 5.74) is 1.53. The van der Waals surface area contributed by atoms with Crippen molar-refractivity contribution in [1.29, 1.82) is 0 Å². The van der Waals surface area contributed by atoms with Gasteiger partial charge in [-0.2, -0.15) is 13.2 Å². The molecule has 2 aromatic heterocycles. The number of carbonyl (C=O) groups is 2. The fourth-order valence-electron chi connectivity index (χ4n) is 3.34. The molecule has 1 unspecified atom stereocenters. The van der Waals surface area contributed by atoms with Gasteiger partial charge in [0, 0.05) is 43.2 Å². The van der Waals surface area contributed by atoms with Gasteiger partial charge in [0.15, 0.2) is 0 Å². The first-order chi connectivity index (χ1) is 15.6. The van der Waals surface area contributed by atoms with E-state index in [9.17, 15) is 22.8 Å². The lowest BCUT2D eigenvalue weighted by Crippen LogP contribution is -2.28. The molecule has 2 aromatic rings. The third kappa shape index (κ3) is 5.91. The molecular weight excluding hydrogens is 465 g/mol. The van der Waals surface area contributed by atoms with Crippen LogP contribution in [0.1, 0.15) is 57.8 Å². The van der Waals surface area contributed by atoms with Crippen molar-refractivity contribution in [2.24, 2.45) is 0 Å². The molecule has 0 bridgehead atoms. The van der Waals surface area contributed by atoms with Crippen molar-refractivity contribution < 1.29 is 32.6 Å². The van der Waals surface area contributed by atoms with Gasteiger partial charge >= 0.3 is 6.18 Å². The zero-order chi connectivity index (χ0) is 24.2. The lowest BCUT2D eigenvalue weighted by Gasteiger charge is -2.25. The SMILES string of the molecule is CC(c1cnc(OCCC(F)(F)F)c(Cl)c1)N1Cc2c(ccnc2C(=O)NCCCO)C1=O. The van der Waals surface area contributed by atoms with Gasteiger partial charge in [0.2, 0.25) is 5.88 Å². The van der Waals surface area contributed by atoms with Crippen LogP contribution in [0, 0.1) is 0 Å². The summed E-state index contributed by atoms with van der Waals surface area (Å²) in [6.07, 6.45) is -2.32. The number of alkyl halides is 3. The molecule has 3 rings (SSSR count). The number of aromatic nitrogens is 2. The summed E-state index contributed by atoms with van der Waals surface area (Å²) < 4.78 is 41.9. The molecule has 12 heteroatoms. The van der Waals surface area contributed by atoms with E-state index >= 15 is 0 Å². The number of nitrogens with zero attached hydrogens (tertiary/aromatic N) is 3. The van der Waals surface area contributed by atoms with Gasteiger partial charge < -0.3 is 20.1 Å². The Bertz CT molecular complexity index is 1040. The highest BCUT2D eigenvalue weighted by molar-refractivity contribution is 6.31. The van der Waals surface area contributed by atoms with Gasteiger partial charge in [0.05, 0.1) is 19.1 Å². The second kappa shape index (κ2) is 10.3. The fraction of sp³-hybridized carbons (Fsp3) is 0.429. The van der Waals surface area contributed by atoms with Crippen molar-refractivity contribution in [3.63, 3.8) is 0 Å². The van der Waals surface area contributed by atoms with Crippen LogP contribution in [0.4, 0.5) is 13.2 Å². The van der Waals surface area contributed by atoms with E-state index in [-0.39, 0.29) is 42.2 Å². The Hall–Kier alpha value is -2.92. The summed E-state index contributed by atoms with van der Waals surface area (Å²) in [7, 11) is 0. The standard InChI is InChI=1S/C21H22ClF3N4O4/c1-12(13-9-16(22)19(28-10-13)33-8-4-21(23,24)25)29-11-15-14(20(29)32)3-6-26-17(15)18(31)27-5-2-7-30/h3,6,9-10,12,30H,2,4-5,7-8,11H2,1H3,(H,27,31). The molecule has 1 aliphatic rings. The van der Waals surface area contributed by atoms with Gasteiger partial charge in [0.25, 0.3) is 11.8 Å². The Morgan fingerprint density at radius 3 is 2.82 bits per heavy atom. The summed E-state index contributed by atoms with van der Waals surface area (Å²) in [5.74, 6) is -0.863. The Labute approximate surface area is 192 Å². The van der Waals surface area contributed by atoms with E-state index < -0.39 is 31.2 Å². The van der Waals surface area contributed by atoms with Crippen LogP contribution in [0.2, 0.25) is 5.02 Å². The molecule has 0 radical (unpaired) electrons. The van der Waals surface area contributed by atoms with Crippen molar-refractivity contribution in [2.45, 2.75) is 38.5 Å². The number of hydrogen-bond acceptors (Lipinski definition) is 6. The minimum atomic E-state index is -4.35. The van der Waals surface area contributed by atoms with Crippen LogP contribution in [-0.2, 0) is 6.54 Å². The topological polar surface area (TPSA) is 105 Å². The second-order valence-electron chi connectivity index (χ2n) is 7.40. The van der Waals surface area contributed by atoms with Crippen molar-refractivity contribution >= 4 is 23.4 Å². The molecule has 0 saturated carbocycles. The van der Waals surface area contributed by atoms with Crippen LogP contribution in [0.3, 0.4) is 0 Å². The number of pyridine rings is 2. The zero-order valence-electron chi connectivity index (χ0n) is 17.7. The van der Waals surface area contributed by atoms with Gasteiger partial charge in [-0.05, 0) is 31.0 Å². The number of aliphatic hydroxyl groups excluding tert-OH is 1. The first-order valence-corrected chi connectivity index (χ1v) is 10.5. The number of nitrogens with one attached hydrogen (secondary N) is 1. The lowest BCUT2D eigenvalue weighted by molar-refractivity contribution is -0.139. The molecule has 2 amide bonds. The van der Waals surface area contributed by atoms with E-state index in [0.29, 0.717) is 23.1 Å². The Morgan fingerprint density at radius 1 is 1.39 bits per heavy atom. The average molecular weight is 487 g/mol. The summed E-state index contributed by atoms with van der Waals surface area (Å²) in [6.45, 7) is 1.48. The number of hydrogen-bond donors (Lipinski definition) is 2. The Kier molecular flexibility index (Phi) is 7.75. The van der Waals surface area contributed by atoms with Crippen molar-refractivity contribution in [3.05, 3.63) is 51.9 Å². The van der Waals surface area contributed by atoms with Crippen LogP contribution in [0.25, 0.3) is 0 Å². The zero-order valence-corrected chi connectivity index (χ0v) is 18.4. The average Bonchev–Trinajstić information content (AvgIpc) is 3.10. The smallest absolute Gasteiger partial charge is 0.392 e. The molecule has 0 aromatic carbocycles. The number of aliphatic hydroxyl groups is 1. The number of rotatable bonds is 9. The number of ether oxygens (including phenoxy) is 1. The molecule has 1 atom stereocenters. The summed E-state index contributed by atoms with van der Waals surface area (Å²) >= 11 is 6.13. The van der Waals surface area contributed by atoms with Gasteiger partial charge in [-0.3, -0.25) is 14.6 Å². The quantitative estimate of drug-likeness (QED) is 0.527. The van der Waals surface area contributed by atoms with Crippen molar-refractivity contribution in [1.82, 2.24) is 20.2 Å². The first kappa shape index (κ1) is 24.7. The van der Waals surface area contributed by atoms with E-state index in [4.69, 9.17) is 21.4 Å². The molecule has 1 aliphatic heterocycles. The minimum absolute atomic E-state index is 0.0244. The Balaban J connectivity index is 1.73. The van der Waals surface area contributed by atoms with Crippen LogP contribution in [0.5, 0.6) is 5.88 Å². The van der Waals surface area contributed by atoms with Gasteiger partial charge in [0.1, 0.15) is 10.7 Å². The molecule has 0 fully saturated rings. The monoisotopic (exact) mass is 486 g/mol. The van der Waals surface area contributed by atoms with E-state index in [1.54, 1.807) is 6.92 Å². The molecular formula is C21H22ClF3N4O4. The van der Waals surface area contributed by atoms with Gasteiger partial charge in [-0.15, -0.1) is 0 Å². The van der Waals surface area contributed by atoms with Crippen LogP contribution in [0.15, 0.2) is 24.5 Å². The molecule has 8 nitrogen and oxygen atoms in total. The number of amides is 2. The summed E-state index contributed by atoms with van der Waals surface area (Å²) in [6, 6.07) is 2.53. The second-order valence-corrected chi connectivity index (χ2v) is 7.80. The van der Waals surface area contributed by atoms with Crippen LogP contribution >= 0.6 is 11.6 Å². The lowest BCUT2D eigenvalue weighted by atomic mass is 10.1. The Morgan fingerprint density at radius 2 is 2.15 bits per heavy atom. The predicted molar refractivity (Wildman–Crippen MR) is 112 cm³/mol. The minimum Gasteiger partial charge on any atom is -0.476 e. The third-order valence-electron chi connectivity index (χ3n) is 5.11. The summed E-state index contributed by atoms with van der Waals surface area (Å²) in [4.78, 5) is 35.1. The van der Waals surface area contributed by atoms with Crippen molar-refractivity contribution in [3.8, 4) is 5.88 Å². The normalized spacial score (nSPS) is 14.2. The van der Waals surface area contributed by atoms with E-state index in [1.165, 1.54) is 29.4 Å². The number of fused-ring (bicyclic) bond motifs is 1. The summed E-state index contributed by atoms with van der Waals surface area (Å²) in [5, 5.41) is 11.6. The van der Waals surface area contributed by atoms with Gasteiger partial charge in [-0.25, -0.2) is 4.98 Å². The predicted octanol–water partition coefficient (Wildman–Crippen LogP) is 3.29. The highest BCUT2D eigenvalue weighted by Gasteiger charge is 2.35. The molecule has 0 aliphatic carbocycles. The maximum absolute atomic E-state index is 13.0. The molecule has 2 N–H and O–H groups in total. The van der Waals surface area contributed by atoms with Crippen LogP contribution < -0.4 is 10.1 Å². The maximum Gasteiger partial charge on any atom is 0.392 e. The molecule has 178 valence electrons. The molecule has 33 heavy (non-hydrogen) atoms.